The van der Waals surface area contributed by atoms with Gasteiger partial charge in [0.05, 0.1) is 6.04 Å². The van der Waals surface area contributed by atoms with Crippen LogP contribution in [0.1, 0.15) is 44.9 Å². The monoisotopic (exact) mass is 537 g/mol. The Morgan fingerprint density at radius 3 is 1.77 bits per heavy atom. The Morgan fingerprint density at radius 1 is 0.743 bits per heavy atom. The van der Waals surface area contributed by atoms with Crippen molar-refractivity contribution in [1.82, 2.24) is 16.0 Å². The number of nitrogens with one attached hydrogen (secondary N) is 3. The number of thioether (sulfide) groups is 2. The van der Waals surface area contributed by atoms with Gasteiger partial charge in [-0.15, -0.1) is 0 Å². The van der Waals surface area contributed by atoms with Crippen molar-refractivity contribution in [3.05, 3.63) is 0 Å². The summed E-state index contributed by atoms with van der Waals surface area (Å²) >= 11 is 3.03. The highest BCUT2D eigenvalue weighted by Gasteiger charge is 2.30. The summed E-state index contributed by atoms with van der Waals surface area (Å²) < 4.78 is 0. The van der Waals surface area contributed by atoms with E-state index < -0.39 is 60.2 Å². The largest absolute Gasteiger partial charge is 0.481 e. The summed E-state index contributed by atoms with van der Waals surface area (Å²) in [7, 11) is 0. The molecule has 0 spiro atoms. The van der Waals surface area contributed by atoms with Gasteiger partial charge in [-0.05, 0) is 69.1 Å². The van der Waals surface area contributed by atoms with Crippen molar-refractivity contribution < 1.29 is 34.2 Å². The number of hydrogen-bond acceptors (Lipinski definition) is 9. The van der Waals surface area contributed by atoms with E-state index in [4.69, 9.17) is 16.6 Å². The molecule has 0 radical (unpaired) electrons. The van der Waals surface area contributed by atoms with Gasteiger partial charge in [0.15, 0.2) is 0 Å². The average molecular weight is 538 g/mol. The number of carbonyl (C=O) groups is 5. The van der Waals surface area contributed by atoms with Crippen molar-refractivity contribution in [2.45, 2.75) is 69.1 Å². The van der Waals surface area contributed by atoms with Crippen LogP contribution < -0.4 is 27.4 Å². The second-order valence-electron chi connectivity index (χ2n) is 7.91. The predicted octanol–water partition coefficient (Wildman–Crippen LogP) is -0.647. The molecule has 3 amide bonds. The van der Waals surface area contributed by atoms with Crippen molar-refractivity contribution >= 4 is 53.2 Å². The van der Waals surface area contributed by atoms with Crippen LogP contribution in [0.25, 0.3) is 0 Å². The van der Waals surface area contributed by atoms with Crippen LogP contribution in [0, 0.1) is 0 Å². The summed E-state index contributed by atoms with van der Waals surface area (Å²) in [5, 5.41) is 25.7. The lowest BCUT2D eigenvalue weighted by Gasteiger charge is -2.25. The number of carboxylic acids is 2. The average Bonchev–Trinajstić information content (AvgIpc) is 2.81. The lowest BCUT2D eigenvalue weighted by atomic mass is 10.1. The van der Waals surface area contributed by atoms with Crippen LogP contribution in [-0.2, 0) is 24.0 Å². The second-order valence-corrected chi connectivity index (χ2v) is 9.88. The van der Waals surface area contributed by atoms with E-state index in [9.17, 15) is 29.1 Å². The first-order chi connectivity index (χ1) is 16.6. The Bertz CT molecular complexity index is 699. The van der Waals surface area contributed by atoms with E-state index in [2.05, 4.69) is 16.0 Å². The molecule has 0 saturated carbocycles. The molecule has 0 fully saturated rings. The van der Waals surface area contributed by atoms with Crippen LogP contribution in [0.15, 0.2) is 0 Å². The van der Waals surface area contributed by atoms with E-state index >= 15 is 0 Å². The third-order valence-corrected chi connectivity index (χ3v) is 6.34. The van der Waals surface area contributed by atoms with Crippen LogP contribution >= 0.6 is 23.5 Å². The van der Waals surface area contributed by atoms with E-state index in [1.807, 2.05) is 12.5 Å². The fourth-order valence-electron chi connectivity index (χ4n) is 2.99. The molecule has 202 valence electrons. The molecule has 14 heteroatoms. The zero-order valence-corrected chi connectivity index (χ0v) is 21.9. The van der Waals surface area contributed by atoms with E-state index in [1.165, 1.54) is 11.8 Å². The molecule has 12 nitrogen and oxygen atoms in total. The summed E-state index contributed by atoms with van der Waals surface area (Å²) in [5.41, 5.74) is 11.4. The zero-order chi connectivity index (χ0) is 26.8. The maximum Gasteiger partial charge on any atom is 0.326 e. The topological polar surface area (TPSA) is 214 Å². The number of unbranched alkanes of at least 4 members (excludes halogenated alkanes) is 1. The normalized spacial score (nSPS) is 14.3. The molecule has 4 atom stereocenters. The maximum atomic E-state index is 13.0. The minimum atomic E-state index is -1.42. The molecule has 9 N–H and O–H groups in total. The van der Waals surface area contributed by atoms with Gasteiger partial charge in [-0.2, -0.15) is 23.5 Å². The Kier molecular flexibility index (Phi) is 18.1. The second kappa shape index (κ2) is 19.2. The highest BCUT2D eigenvalue weighted by atomic mass is 32.2. The van der Waals surface area contributed by atoms with Crippen LogP contribution in [0.4, 0.5) is 0 Å². The molecular formula is C21H39N5O7S2. The molecule has 0 aliphatic heterocycles. The molecule has 35 heavy (non-hydrogen) atoms. The number of amides is 3. The van der Waals surface area contributed by atoms with Crippen molar-refractivity contribution in [2.75, 3.05) is 30.6 Å². The zero-order valence-electron chi connectivity index (χ0n) is 20.3. The van der Waals surface area contributed by atoms with Gasteiger partial charge >= 0.3 is 11.9 Å². The SMILES string of the molecule is CSCCC(N)C(=O)NC(CCSC)C(=O)NC(CCCCN)C(=O)NC(CCC(=O)O)C(=O)O. The molecule has 0 aliphatic rings. The fraction of sp³-hybridized carbons (Fsp3) is 0.762. The minimum Gasteiger partial charge on any atom is -0.481 e. The van der Waals surface area contributed by atoms with Crippen molar-refractivity contribution in [1.29, 1.82) is 0 Å². The molecule has 0 heterocycles. The minimum absolute atomic E-state index is 0.191. The highest BCUT2D eigenvalue weighted by Crippen LogP contribution is 2.08. The maximum absolute atomic E-state index is 13.0. The number of nitrogens with two attached hydrogens (primary N) is 2. The molecule has 0 aromatic heterocycles. The summed E-state index contributed by atoms with van der Waals surface area (Å²) in [6.45, 7) is 0.374. The van der Waals surface area contributed by atoms with Gasteiger partial charge < -0.3 is 37.6 Å². The molecule has 0 aromatic rings. The molecule has 4 unspecified atom stereocenters. The number of aliphatic carboxylic acids is 2. The Morgan fingerprint density at radius 2 is 1.26 bits per heavy atom. The van der Waals surface area contributed by atoms with Crippen LogP contribution in [-0.4, -0.2) is 94.6 Å². The number of rotatable bonds is 20. The number of carbonyl (C=O) groups excluding carboxylic acids is 3. The van der Waals surface area contributed by atoms with Crippen LogP contribution in [0.5, 0.6) is 0 Å². The smallest absolute Gasteiger partial charge is 0.326 e. The molecule has 0 aromatic carbocycles. The van der Waals surface area contributed by atoms with Crippen LogP contribution in [0.3, 0.4) is 0 Å². The van der Waals surface area contributed by atoms with Crippen molar-refractivity contribution in [2.24, 2.45) is 11.5 Å². The molecule has 0 bridgehead atoms. The Hall–Kier alpha value is -2.03. The summed E-state index contributed by atoms with van der Waals surface area (Å²) in [4.78, 5) is 60.6. The molecule has 0 saturated heterocycles. The van der Waals surface area contributed by atoms with Crippen molar-refractivity contribution in [3.8, 4) is 0 Å². The van der Waals surface area contributed by atoms with E-state index in [0.717, 1.165) is 0 Å². The first-order valence-corrected chi connectivity index (χ1v) is 14.1. The third kappa shape index (κ3) is 14.9. The van der Waals surface area contributed by atoms with Gasteiger partial charge in [0.2, 0.25) is 17.7 Å². The van der Waals surface area contributed by atoms with Gasteiger partial charge in [-0.25, -0.2) is 4.79 Å². The summed E-state index contributed by atoms with van der Waals surface area (Å²) in [6.07, 6.45) is 5.01. The Balaban J connectivity index is 5.44. The number of hydrogen-bond donors (Lipinski definition) is 7. The predicted molar refractivity (Wildman–Crippen MR) is 137 cm³/mol. The quantitative estimate of drug-likeness (QED) is 0.0969. The van der Waals surface area contributed by atoms with Gasteiger partial charge in [-0.3, -0.25) is 19.2 Å². The van der Waals surface area contributed by atoms with Gasteiger partial charge in [-0.1, -0.05) is 0 Å². The molecular weight excluding hydrogens is 498 g/mol. The van der Waals surface area contributed by atoms with Crippen LogP contribution in [0.2, 0.25) is 0 Å². The Labute approximate surface area is 214 Å². The van der Waals surface area contributed by atoms with E-state index in [-0.39, 0.29) is 12.8 Å². The first-order valence-electron chi connectivity index (χ1n) is 11.4. The lowest BCUT2D eigenvalue weighted by molar-refractivity contribution is -0.143. The number of carboxylic acid groups (broad SMARTS) is 2. The highest BCUT2D eigenvalue weighted by molar-refractivity contribution is 7.98. The van der Waals surface area contributed by atoms with E-state index in [0.29, 0.717) is 43.7 Å². The molecule has 0 aliphatic carbocycles. The third-order valence-electron chi connectivity index (χ3n) is 5.05. The van der Waals surface area contributed by atoms with Gasteiger partial charge in [0.25, 0.3) is 0 Å². The van der Waals surface area contributed by atoms with Gasteiger partial charge in [0.1, 0.15) is 18.1 Å². The first kappa shape index (κ1) is 33.0. The van der Waals surface area contributed by atoms with Crippen molar-refractivity contribution in [3.63, 3.8) is 0 Å². The summed E-state index contributed by atoms with van der Waals surface area (Å²) in [6, 6.07) is -4.21. The van der Waals surface area contributed by atoms with Gasteiger partial charge in [0, 0.05) is 6.42 Å². The summed E-state index contributed by atoms with van der Waals surface area (Å²) in [5.74, 6) is -3.12. The fourth-order valence-corrected chi connectivity index (χ4v) is 3.95. The standard InChI is InChI=1S/C21H39N5O7S2/c1-34-11-8-13(23)18(29)24-15(9-12-35-2)20(31)25-14(5-3-4-10-22)19(30)26-16(21(32)33)6-7-17(27)28/h13-16H,3-12,22-23H2,1-2H3,(H,24,29)(H,25,31)(H,26,30)(H,27,28)(H,32,33). The van der Waals surface area contributed by atoms with E-state index in [1.54, 1.807) is 11.8 Å². The molecule has 0 rings (SSSR count). The lowest BCUT2D eigenvalue weighted by Crippen LogP contribution is -2.57.